The predicted octanol–water partition coefficient (Wildman–Crippen LogP) is 8.50. The van der Waals surface area contributed by atoms with Crippen LogP contribution in [0.2, 0.25) is 0 Å². The molecule has 0 aromatic heterocycles. The van der Waals surface area contributed by atoms with Crippen molar-refractivity contribution in [1.29, 1.82) is 0 Å². The normalized spacial score (nSPS) is 51.0. The summed E-state index contributed by atoms with van der Waals surface area (Å²) >= 11 is 0. The average molecular weight is 595 g/mol. The summed E-state index contributed by atoms with van der Waals surface area (Å²) in [5, 5.41) is 10.6. The quantitative estimate of drug-likeness (QED) is 0.196. The summed E-state index contributed by atoms with van der Waals surface area (Å²) in [6.07, 6.45) is 11.7. The Morgan fingerprint density at radius 1 is 0.814 bits per heavy atom. The first-order valence-electron chi connectivity index (χ1n) is 17.5. The van der Waals surface area contributed by atoms with Crippen LogP contribution in [-0.4, -0.2) is 29.4 Å². The molecule has 0 aromatic carbocycles. The second kappa shape index (κ2) is 9.68. The Hall–Kier alpha value is -1.65. The van der Waals surface area contributed by atoms with E-state index >= 15 is 0 Å². The van der Waals surface area contributed by atoms with Gasteiger partial charge in [0.1, 0.15) is 12.4 Å². The van der Waals surface area contributed by atoms with Crippen LogP contribution >= 0.6 is 0 Å². The topological polar surface area (TPSA) is 80.7 Å². The second-order valence-corrected chi connectivity index (χ2v) is 18.3. The van der Waals surface area contributed by atoms with Crippen LogP contribution < -0.4 is 0 Å². The number of hydrogen-bond acceptors (Lipinski definition) is 4. The second-order valence-electron chi connectivity index (χ2n) is 18.3. The van der Waals surface area contributed by atoms with Crippen molar-refractivity contribution >= 4 is 18.2 Å². The number of aliphatic carboxylic acids is 1. The molecular weight excluding hydrogens is 536 g/mol. The van der Waals surface area contributed by atoms with Gasteiger partial charge in [-0.3, -0.25) is 9.59 Å². The molecule has 6 fully saturated rings. The standard InChI is InChI=1S/C38H58O5/c1-22(2)24-12-17-38(32(41)42)19-18-36(8)25(30(24)38)10-11-28-35(7)15-14-29(34(5,6)27(35)13-16-37(28,36)9)43-31(40)26-20-23(21-39)33(26,3)4/h21,23-30H,1,10-20H2,2-9H3,(H,41,42)/t23?,24?,25?,26?,27?,28?,29-,30?,35-,36+,37+,38-/m0/s1. The molecule has 7 unspecified atom stereocenters. The third-order valence-electron chi connectivity index (χ3n) is 16.5. The lowest BCUT2D eigenvalue weighted by Gasteiger charge is -2.72. The van der Waals surface area contributed by atoms with Gasteiger partial charge in [0.25, 0.3) is 0 Å². The van der Waals surface area contributed by atoms with Crippen molar-refractivity contribution in [2.24, 2.45) is 73.9 Å². The highest BCUT2D eigenvalue weighted by Gasteiger charge is 2.72. The summed E-state index contributed by atoms with van der Waals surface area (Å²) in [5.74, 6) is 1.07. The number of carbonyl (C=O) groups is 3. The minimum Gasteiger partial charge on any atom is -0.481 e. The molecule has 43 heavy (non-hydrogen) atoms. The number of hydrogen-bond donors (Lipinski definition) is 1. The van der Waals surface area contributed by atoms with Crippen molar-refractivity contribution in [3.63, 3.8) is 0 Å². The summed E-state index contributed by atoms with van der Waals surface area (Å²) in [5.41, 5.74) is 0.590. The molecule has 6 rings (SSSR count). The molecule has 5 heteroatoms. The van der Waals surface area contributed by atoms with Gasteiger partial charge in [-0.25, -0.2) is 0 Å². The van der Waals surface area contributed by atoms with Gasteiger partial charge in [0.15, 0.2) is 0 Å². The van der Waals surface area contributed by atoms with Crippen LogP contribution in [0.3, 0.4) is 0 Å². The number of carbonyl (C=O) groups excluding carboxylic acids is 2. The maximum absolute atomic E-state index is 13.4. The number of carboxylic acids is 1. The molecule has 240 valence electrons. The zero-order valence-electron chi connectivity index (χ0n) is 28.3. The van der Waals surface area contributed by atoms with Gasteiger partial charge in [0.2, 0.25) is 0 Å². The van der Waals surface area contributed by atoms with Crippen LogP contribution in [-0.2, 0) is 19.1 Å². The van der Waals surface area contributed by atoms with E-state index in [1.165, 1.54) is 12.0 Å². The van der Waals surface area contributed by atoms with E-state index in [0.717, 1.165) is 64.1 Å². The highest BCUT2D eigenvalue weighted by Crippen LogP contribution is 2.77. The van der Waals surface area contributed by atoms with Crippen LogP contribution in [0.15, 0.2) is 12.2 Å². The molecule has 0 bridgehead atoms. The van der Waals surface area contributed by atoms with Crippen molar-refractivity contribution in [3.8, 4) is 0 Å². The van der Waals surface area contributed by atoms with Gasteiger partial charge in [-0.1, -0.05) is 60.6 Å². The molecule has 6 aliphatic carbocycles. The number of esters is 1. The smallest absolute Gasteiger partial charge is 0.309 e. The summed E-state index contributed by atoms with van der Waals surface area (Å²) in [6.45, 7) is 23.0. The lowest BCUT2D eigenvalue weighted by atomic mass is 9.32. The summed E-state index contributed by atoms with van der Waals surface area (Å²) in [7, 11) is 0. The lowest BCUT2D eigenvalue weighted by Crippen LogP contribution is -2.67. The largest absolute Gasteiger partial charge is 0.481 e. The molecule has 5 nitrogen and oxygen atoms in total. The summed E-state index contributed by atoms with van der Waals surface area (Å²) < 4.78 is 6.40. The maximum atomic E-state index is 13.4. The minimum absolute atomic E-state index is 0.0597. The molecule has 0 aromatic rings. The first-order chi connectivity index (χ1) is 19.9. The number of rotatable bonds is 5. The summed E-state index contributed by atoms with van der Waals surface area (Å²) in [6, 6.07) is 0. The van der Waals surface area contributed by atoms with Gasteiger partial charge in [-0.15, -0.1) is 0 Å². The van der Waals surface area contributed by atoms with Crippen LogP contribution in [0, 0.1) is 73.9 Å². The Balaban J connectivity index is 1.26. The van der Waals surface area contributed by atoms with E-state index in [4.69, 9.17) is 4.74 Å². The van der Waals surface area contributed by atoms with Crippen LogP contribution in [0.5, 0.6) is 0 Å². The van der Waals surface area contributed by atoms with Gasteiger partial charge >= 0.3 is 11.9 Å². The Bertz CT molecular complexity index is 1220. The van der Waals surface area contributed by atoms with Crippen LogP contribution in [0.25, 0.3) is 0 Å². The third-order valence-corrected chi connectivity index (χ3v) is 16.5. The Labute approximate surface area is 260 Å². The van der Waals surface area contributed by atoms with E-state index in [1.54, 1.807) is 0 Å². The highest BCUT2D eigenvalue weighted by molar-refractivity contribution is 5.78. The van der Waals surface area contributed by atoms with Gasteiger partial charge < -0.3 is 14.6 Å². The molecular formula is C38H58O5. The fourth-order valence-corrected chi connectivity index (χ4v) is 13.5. The van der Waals surface area contributed by atoms with E-state index in [0.29, 0.717) is 30.1 Å². The number of ether oxygens (including phenoxy) is 1. The zero-order chi connectivity index (χ0) is 31.5. The monoisotopic (exact) mass is 594 g/mol. The Morgan fingerprint density at radius 2 is 1.51 bits per heavy atom. The van der Waals surface area contributed by atoms with Gasteiger partial charge in [0, 0.05) is 11.3 Å². The molecule has 0 aliphatic heterocycles. The van der Waals surface area contributed by atoms with Crippen molar-refractivity contribution < 1.29 is 24.2 Å². The first kappa shape index (κ1) is 31.3. The molecule has 0 spiro atoms. The molecule has 12 atom stereocenters. The van der Waals surface area contributed by atoms with E-state index in [2.05, 4.69) is 48.1 Å². The molecule has 6 saturated carbocycles. The van der Waals surface area contributed by atoms with Gasteiger partial charge in [0.05, 0.1) is 11.3 Å². The molecule has 0 radical (unpaired) electrons. The fraction of sp³-hybridized carbons (Fsp3) is 0.868. The van der Waals surface area contributed by atoms with Gasteiger partial charge in [-0.05, 0) is 129 Å². The van der Waals surface area contributed by atoms with E-state index in [1.807, 2.05) is 13.8 Å². The maximum Gasteiger partial charge on any atom is 0.309 e. The highest BCUT2D eigenvalue weighted by atomic mass is 16.5. The van der Waals surface area contributed by atoms with Crippen molar-refractivity contribution in [2.75, 3.05) is 0 Å². The average Bonchev–Trinajstić information content (AvgIpc) is 3.32. The number of fused-ring (bicyclic) bond motifs is 7. The van der Waals surface area contributed by atoms with E-state index < -0.39 is 11.4 Å². The minimum atomic E-state index is -0.581. The molecule has 6 aliphatic rings. The Morgan fingerprint density at radius 3 is 2.12 bits per heavy atom. The van der Waals surface area contributed by atoms with E-state index in [9.17, 15) is 19.5 Å². The molecule has 1 N–H and O–H groups in total. The number of carboxylic acid groups (broad SMARTS) is 1. The van der Waals surface area contributed by atoms with Crippen molar-refractivity contribution in [1.82, 2.24) is 0 Å². The Kier molecular flexibility index (Phi) is 7.05. The van der Waals surface area contributed by atoms with Crippen molar-refractivity contribution in [3.05, 3.63) is 12.2 Å². The lowest BCUT2D eigenvalue weighted by molar-refractivity contribution is -0.252. The van der Waals surface area contributed by atoms with Crippen molar-refractivity contribution in [2.45, 2.75) is 132 Å². The molecule has 0 saturated heterocycles. The molecule has 0 heterocycles. The third kappa shape index (κ3) is 3.90. The van der Waals surface area contributed by atoms with Crippen LogP contribution in [0.4, 0.5) is 0 Å². The fourth-order valence-electron chi connectivity index (χ4n) is 13.5. The molecule has 0 amide bonds. The first-order valence-corrected chi connectivity index (χ1v) is 17.5. The number of aldehydes is 1. The van der Waals surface area contributed by atoms with Crippen LogP contribution in [0.1, 0.15) is 126 Å². The number of allylic oxidation sites excluding steroid dienone is 1. The van der Waals surface area contributed by atoms with Gasteiger partial charge in [-0.2, -0.15) is 0 Å². The summed E-state index contributed by atoms with van der Waals surface area (Å²) in [4.78, 5) is 37.8. The van der Waals surface area contributed by atoms with E-state index in [-0.39, 0.29) is 56.9 Å². The zero-order valence-corrected chi connectivity index (χ0v) is 28.3. The predicted molar refractivity (Wildman–Crippen MR) is 168 cm³/mol. The SMILES string of the molecule is C=C(C)C1CC[C@]2(C(=O)O)CC[C@]3(C)C(CCC4[C@@]5(C)CC[C@H](OC(=O)C6CC(C=O)C6(C)C)C(C)(C)C5CC[C@]43C)C12.